The number of hydrogen-bond donors (Lipinski definition) is 1. The molecule has 0 radical (unpaired) electrons. The molecule has 2 rings (SSSR count). The molecule has 0 fully saturated rings. The van der Waals surface area contributed by atoms with Gasteiger partial charge in [-0.2, -0.15) is 0 Å². The summed E-state index contributed by atoms with van der Waals surface area (Å²) in [7, 11) is 0. The lowest BCUT2D eigenvalue weighted by Crippen LogP contribution is -2.40. The third kappa shape index (κ3) is 5.34. The van der Waals surface area contributed by atoms with E-state index in [4.69, 9.17) is 4.74 Å². The van der Waals surface area contributed by atoms with Crippen LogP contribution >= 0.6 is 0 Å². The van der Waals surface area contributed by atoms with Gasteiger partial charge in [0.05, 0.1) is 18.7 Å². The van der Waals surface area contributed by atoms with E-state index < -0.39 is 5.97 Å². The van der Waals surface area contributed by atoms with Crippen molar-refractivity contribution in [2.75, 3.05) is 18.5 Å². The first-order chi connectivity index (χ1) is 12.5. The summed E-state index contributed by atoms with van der Waals surface area (Å²) in [5.41, 5.74) is 2.12. The lowest BCUT2D eigenvalue weighted by atomic mass is 10.1. The van der Waals surface area contributed by atoms with Crippen LogP contribution in [0.15, 0.2) is 54.6 Å². The van der Waals surface area contributed by atoms with E-state index in [2.05, 4.69) is 5.32 Å². The van der Waals surface area contributed by atoms with Gasteiger partial charge in [0.15, 0.2) is 0 Å². The van der Waals surface area contributed by atoms with Crippen LogP contribution in [0.25, 0.3) is 0 Å². The highest BCUT2D eigenvalue weighted by Crippen LogP contribution is 2.16. The first-order valence-corrected chi connectivity index (χ1v) is 8.86. The fourth-order valence-corrected chi connectivity index (χ4v) is 2.64. The van der Waals surface area contributed by atoms with Crippen LogP contribution in [-0.2, 0) is 16.1 Å². The van der Waals surface area contributed by atoms with Gasteiger partial charge in [-0.05, 0) is 38.5 Å². The van der Waals surface area contributed by atoms with Crippen LogP contribution in [0.2, 0.25) is 0 Å². The van der Waals surface area contributed by atoms with Gasteiger partial charge in [0.25, 0.3) is 0 Å². The van der Waals surface area contributed by atoms with Crippen molar-refractivity contribution in [3.05, 3.63) is 65.7 Å². The molecule has 26 heavy (non-hydrogen) atoms. The third-order valence-electron chi connectivity index (χ3n) is 3.99. The number of hydrogen-bond acceptors (Lipinski definition) is 4. The molecule has 0 aromatic heterocycles. The Hall–Kier alpha value is -2.82. The number of amides is 1. The van der Waals surface area contributed by atoms with E-state index in [0.717, 1.165) is 5.56 Å². The molecule has 0 aliphatic heterocycles. The maximum Gasteiger partial charge on any atom is 0.340 e. The van der Waals surface area contributed by atoms with Crippen LogP contribution in [0.5, 0.6) is 0 Å². The standard InChI is InChI=1S/C21H26N2O3/c1-4-26-21(25)18-12-8-9-13-19(18)22-14-20(24)23(16(2)3)15-17-10-6-5-7-11-17/h5-13,16,22H,4,14-15H2,1-3H3. The highest BCUT2D eigenvalue weighted by molar-refractivity contribution is 5.96. The smallest absolute Gasteiger partial charge is 0.340 e. The number of rotatable bonds is 8. The third-order valence-corrected chi connectivity index (χ3v) is 3.99. The quantitative estimate of drug-likeness (QED) is 0.734. The zero-order valence-electron chi connectivity index (χ0n) is 15.6. The average Bonchev–Trinajstić information content (AvgIpc) is 2.65. The molecular formula is C21H26N2O3. The maximum atomic E-state index is 12.7. The van der Waals surface area contributed by atoms with Crippen molar-refractivity contribution in [3.63, 3.8) is 0 Å². The number of nitrogens with zero attached hydrogens (tertiary/aromatic N) is 1. The predicted molar refractivity (Wildman–Crippen MR) is 103 cm³/mol. The molecule has 0 unspecified atom stereocenters. The topological polar surface area (TPSA) is 58.6 Å². The van der Waals surface area contributed by atoms with Crippen LogP contribution in [0.4, 0.5) is 5.69 Å². The number of ether oxygens (including phenoxy) is 1. The Morgan fingerprint density at radius 3 is 2.35 bits per heavy atom. The Kier molecular flexibility index (Phi) is 7.21. The lowest BCUT2D eigenvalue weighted by molar-refractivity contribution is -0.131. The van der Waals surface area contributed by atoms with Crippen molar-refractivity contribution >= 4 is 17.6 Å². The van der Waals surface area contributed by atoms with Crippen LogP contribution < -0.4 is 5.32 Å². The van der Waals surface area contributed by atoms with E-state index in [-0.39, 0.29) is 18.5 Å². The summed E-state index contributed by atoms with van der Waals surface area (Å²) in [4.78, 5) is 26.6. The molecule has 0 heterocycles. The van der Waals surface area contributed by atoms with E-state index in [1.54, 1.807) is 25.1 Å². The molecule has 5 nitrogen and oxygen atoms in total. The number of nitrogens with one attached hydrogen (secondary N) is 1. The highest BCUT2D eigenvalue weighted by Gasteiger charge is 2.18. The van der Waals surface area contributed by atoms with E-state index in [9.17, 15) is 9.59 Å². The van der Waals surface area contributed by atoms with E-state index in [1.165, 1.54) is 0 Å². The van der Waals surface area contributed by atoms with Crippen molar-refractivity contribution in [2.45, 2.75) is 33.4 Å². The maximum absolute atomic E-state index is 12.7. The lowest BCUT2D eigenvalue weighted by Gasteiger charge is -2.27. The summed E-state index contributed by atoms with van der Waals surface area (Å²) in [6, 6.07) is 17.0. The summed E-state index contributed by atoms with van der Waals surface area (Å²) < 4.78 is 5.07. The zero-order chi connectivity index (χ0) is 18.9. The van der Waals surface area contributed by atoms with Crippen molar-refractivity contribution in [3.8, 4) is 0 Å². The molecule has 1 N–H and O–H groups in total. The van der Waals surface area contributed by atoms with Gasteiger partial charge in [0.2, 0.25) is 5.91 Å². The highest BCUT2D eigenvalue weighted by atomic mass is 16.5. The zero-order valence-corrected chi connectivity index (χ0v) is 15.6. The van der Waals surface area contributed by atoms with Gasteiger partial charge >= 0.3 is 5.97 Å². The molecule has 2 aromatic rings. The summed E-state index contributed by atoms with van der Waals surface area (Å²) in [5, 5.41) is 3.08. The minimum absolute atomic E-state index is 0.0254. The number of para-hydroxylation sites is 1. The molecule has 1 amide bonds. The summed E-state index contributed by atoms with van der Waals surface area (Å²) in [5.74, 6) is -0.421. The van der Waals surface area contributed by atoms with Crippen molar-refractivity contribution in [2.24, 2.45) is 0 Å². The second-order valence-corrected chi connectivity index (χ2v) is 6.22. The number of carbonyl (C=O) groups is 2. The molecule has 0 saturated carbocycles. The van der Waals surface area contributed by atoms with Gasteiger partial charge in [-0.1, -0.05) is 42.5 Å². The SMILES string of the molecule is CCOC(=O)c1ccccc1NCC(=O)N(Cc1ccccc1)C(C)C. The van der Waals surface area contributed by atoms with Crippen LogP contribution in [0, 0.1) is 0 Å². The first kappa shape index (κ1) is 19.5. The minimum Gasteiger partial charge on any atom is -0.462 e. The molecule has 0 aliphatic carbocycles. The predicted octanol–water partition coefficient (Wildman–Crippen LogP) is 3.71. The normalized spacial score (nSPS) is 10.5. The average molecular weight is 354 g/mol. The Morgan fingerprint density at radius 1 is 1.04 bits per heavy atom. The van der Waals surface area contributed by atoms with E-state index in [0.29, 0.717) is 24.4 Å². The van der Waals surface area contributed by atoms with Crippen LogP contribution in [0.1, 0.15) is 36.7 Å². The van der Waals surface area contributed by atoms with E-state index >= 15 is 0 Å². The molecule has 0 spiro atoms. The second-order valence-electron chi connectivity index (χ2n) is 6.22. The van der Waals surface area contributed by atoms with Crippen molar-refractivity contribution < 1.29 is 14.3 Å². The molecule has 0 bridgehead atoms. The Bertz CT molecular complexity index is 729. The molecule has 0 aliphatic rings. The van der Waals surface area contributed by atoms with Crippen molar-refractivity contribution in [1.82, 2.24) is 4.90 Å². The summed E-state index contributed by atoms with van der Waals surface area (Å²) in [6.45, 7) is 6.73. The number of carbonyl (C=O) groups excluding carboxylic acids is 2. The molecular weight excluding hydrogens is 328 g/mol. The van der Waals surface area contributed by atoms with Gasteiger partial charge in [0, 0.05) is 18.3 Å². The summed E-state index contributed by atoms with van der Waals surface area (Å²) in [6.07, 6.45) is 0. The summed E-state index contributed by atoms with van der Waals surface area (Å²) >= 11 is 0. The minimum atomic E-state index is -0.395. The van der Waals surface area contributed by atoms with Gasteiger partial charge in [-0.25, -0.2) is 4.79 Å². The monoisotopic (exact) mass is 354 g/mol. The Morgan fingerprint density at radius 2 is 1.69 bits per heavy atom. The largest absolute Gasteiger partial charge is 0.462 e. The van der Waals surface area contributed by atoms with Gasteiger partial charge in [-0.3, -0.25) is 4.79 Å². The van der Waals surface area contributed by atoms with Gasteiger partial charge in [-0.15, -0.1) is 0 Å². The number of anilines is 1. The number of benzene rings is 2. The molecule has 5 heteroatoms. The molecule has 2 aromatic carbocycles. The second kappa shape index (κ2) is 9.61. The molecule has 138 valence electrons. The molecule has 0 atom stereocenters. The van der Waals surface area contributed by atoms with Crippen LogP contribution in [0.3, 0.4) is 0 Å². The Labute approximate surface area is 155 Å². The van der Waals surface area contributed by atoms with Crippen molar-refractivity contribution in [1.29, 1.82) is 0 Å². The number of esters is 1. The van der Waals surface area contributed by atoms with E-state index in [1.807, 2.05) is 55.1 Å². The van der Waals surface area contributed by atoms with Crippen LogP contribution in [-0.4, -0.2) is 36.0 Å². The first-order valence-electron chi connectivity index (χ1n) is 8.86. The van der Waals surface area contributed by atoms with Gasteiger partial charge in [0.1, 0.15) is 0 Å². The van der Waals surface area contributed by atoms with Gasteiger partial charge < -0.3 is 15.0 Å². The molecule has 0 saturated heterocycles. The fraction of sp³-hybridized carbons (Fsp3) is 0.333. The fourth-order valence-electron chi connectivity index (χ4n) is 2.64. The Balaban J connectivity index is 2.05.